The number of piperidine rings is 1. The first-order valence-electron chi connectivity index (χ1n) is 7.56. The third kappa shape index (κ3) is 6.17. The molecule has 3 N–H and O–H groups in total. The number of rotatable bonds is 6. The summed E-state index contributed by atoms with van der Waals surface area (Å²) >= 11 is 0. The van der Waals surface area contributed by atoms with Crippen molar-refractivity contribution in [1.29, 1.82) is 0 Å². The number of hydrogen-bond donors (Lipinski definition) is 2. The first-order valence-corrected chi connectivity index (χ1v) is 9.45. The minimum atomic E-state index is -3.56. The van der Waals surface area contributed by atoms with Crippen molar-refractivity contribution in [2.45, 2.75) is 18.9 Å². The molecule has 0 aliphatic carbocycles. The van der Waals surface area contributed by atoms with E-state index in [0.29, 0.717) is 18.4 Å². The molecule has 0 aromatic heterocycles. The molecule has 0 bridgehead atoms. The molecule has 128 valence electrons. The van der Waals surface area contributed by atoms with Crippen molar-refractivity contribution in [2.24, 2.45) is 5.73 Å². The summed E-state index contributed by atoms with van der Waals surface area (Å²) < 4.78 is 29.6. The molecule has 1 amide bonds. The topological polar surface area (TPSA) is 102 Å². The average Bonchev–Trinajstić information content (AvgIpc) is 2.48. The lowest BCUT2D eigenvalue weighted by atomic mass is 10.1. The lowest BCUT2D eigenvalue weighted by molar-refractivity contribution is 0.0981. The van der Waals surface area contributed by atoms with E-state index >= 15 is 0 Å². The summed E-state index contributed by atoms with van der Waals surface area (Å²) in [4.78, 5) is 14.0. The maximum Gasteiger partial charge on any atom is 0.264 e. The van der Waals surface area contributed by atoms with Crippen LogP contribution < -0.4 is 15.2 Å². The highest BCUT2D eigenvalue weighted by Crippen LogP contribution is 2.13. The first-order chi connectivity index (χ1) is 10.8. The van der Waals surface area contributed by atoms with Gasteiger partial charge in [-0.15, -0.1) is 0 Å². The molecule has 0 spiro atoms. The van der Waals surface area contributed by atoms with E-state index in [9.17, 15) is 13.2 Å². The molecular formula is C15H23N3O4S. The molecule has 0 atom stereocenters. The number of nitrogens with two attached hydrogens (primary N) is 1. The molecule has 0 saturated carbocycles. The largest absolute Gasteiger partial charge is 0.492 e. The lowest BCUT2D eigenvalue weighted by Gasteiger charge is -2.29. The van der Waals surface area contributed by atoms with Crippen LogP contribution in [0.15, 0.2) is 24.3 Å². The van der Waals surface area contributed by atoms with Crippen molar-refractivity contribution in [3.63, 3.8) is 0 Å². The zero-order valence-electron chi connectivity index (χ0n) is 13.2. The molecule has 1 fully saturated rings. The third-order valence-corrected chi connectivity index (χ3v) is 4.26. The molecule has 7 nitrogen and oxygen atoms in total. The minimum Gasteiger partial charge on any atom is -0.492 e. The van der Waals surface area contributed by atoms with Crippen molar-refractivity contribution in [3.05, 3.63) is 29.8 Å². The van der Waals surface area contributed by atoms with Crippen LogP contribution in [0.2, 0.25) is 0 Å². The summed E-state index contributed by atoms with van der Waals surface area (Å²) in [5.74, 6) is -0.00155. The molecule has 1 aliphatic heterocycles. The van der Waals surface area contributed by atoms with Gasteiger partial charge < -0.3 is 10.5 Å². The fraction of sp³-hybridized carbons (Fsp3) is 0.533. The van der Waals surface area contributed by atoms with E-state index < -0.39 is 15.9 Å². The fourth-order valence-corrected chi connectivity index (χ4v) is 2.85. The maximum absolute atomic E-state index is 11.7. The summed E-state index contributed by atoms with van der Waals surface area (Å²) in [6, 6.07) is 6.70. The Morgan fingerprint density at radius 1 is 1.30 bits per heavy atom. The Morgan fingerprint density at radius 2 is 1.91 bits per heavy atom. The summed E-state index contributed by atoms with van der Waals surface area (Å²) in [5, 5.41) is 0. The highest BCUT2D eigenvalue weighted by atomic mass is 32.2. The molecule has 2 rings (SSSR count). The van der Waals surface area contributed by atoms with E-state index in [1.807, 2.05) is 4.72 Å². The predicted molar refractivity (Wildman–Crippen MR) is 87.9 cm³/mol. The first kappa shape index (κ1) is 17.7. The van der Waals surface area contributed by atoms with Gasteiger partial charge in [0.05, 0.1) is 6.26 Å². The highest BCUT2D eigenvalue weighted by Gasteiger charge is 2.15. The van der Waals surface area contributed by atoms with Gasteiger partial charge in [0.25, 0.3) is 5.91 Å². The van der Waals surface area contributed by atoms with Crippen LogP contribution in [0.5, 0.6) is 5.75 Å². The predicted octanol–water partition coefficient (Wildman–Crippen LogP) is 0.178. The average molecular weight is 341 g/mol. The van der Waals surface area contributed by atoms with Crippen molar-refractivity contribution in [2.75, 3.05) is 32.5 Å². The number of hydrogen-bond acceptors (Lipinski definition) is 6. The smallest absolute Gasteiger partial charge is 0.264 e. The molecule has 0 radical (unpaired) electrons. The fourth-order valence-electron chi connectivity index (χ4n) is 2.40. The Labute approximate surface area is 136 Å². The maximum atomic E-state index is 11.7. The van der Waals surface area contributed by atoms with Gasteiger partial charge in [0.1, 0.15) is 12.4 Å². The van der Waals surface area contributed by atoms with Crippen molar-refractivity contribution in [3.8, 4) is 5.75 Å². The molecule has 1 saturated heterocycles. The van der Waals surface area contributed by atoms with Crippen molar-refractivity contribution < 1.29 is 17.9 Å². The van der Waals surface area contributed by atoms with Crippen LogP contribution in [0.1, 0.15) is 23.2 Å². The lowest BCUT2D eigenvalue weighted by Crippen LogP contribution is -2.41. The van der Waals surface area contributed by atoms with E-state index in [1.165, 1.54) is 12.1 Å². The van der Waals surface area contributed by atoms with Gasteiger partial charge in [0.15, 0.2) is 0 Å². The number of benzene rings is 1. The van der Waals surface area contributed by atoms with E-state index in [2.05, 4.69) is 4.90 Å². The zero-order valence-corrected chi connectivity index (χ0v) is 14.0. The Morgan fingerprint density at radius 3 is 2.48 bits per heavy atom. The number of nitrogens with zero attached hydrogens (tertiary/aromatic N) is 1. The Balaban J connectivity index is 1.78. The van der Waals surface area contributed by atoms with Gasteiger partial charge in [0.2, 0.25) is 10.0 Å². The van der Waals surface area contributed by atoms with Crippen LogP contribution in [0.4, 0.5) is 0 Å². The van der Waals surface area contributed by atoms with Crippen LogP contribution in [0.3, 0.4) is 0 Å². The van der Waals surface area contributed by atoms with Crippen LogP contribution in [-0.2, 0) is 10.0 Å². The van der Waals surface area contributed by atoms with Gasteiger partial charge in [-0.3, -0.25) is 9.69 Å². The van der Waals surface area contributed by atoms with E-state index in [1.54, 1.807) is 12.1 Å². The van der Waals surface area contributed by atoms with Gasteiger partial charge in [-0.1, -0.05) is 0 Å². The molecule has 8 heteroatoms. The number of carbonyl (C=O) groups is 1. The van der Waals surface area contributed by atoms with Gasteiger partial charge >= 0.3 is 0 Å². The van der Waals surface area contributed by atoms with Gasteiger partial charge in [-0.25, -0.2) is 13.1 Å². The molecule has 0 unspecified atom stereocenters. The summed E-state index contributed by atoms with van der Waals surface area (Å²) in [5.41, 5.74) is 6.14. The normalized spacial score (nSPS) is 17.0. The zero-order chi connectivity index (χ0) is 16.9. The quantitative estimate of drug-likeness (QED) is 0.765. The second-order valence-electron chi connectivity index (χ2n) is 5.76. The molecular weight excluding hydrogens is 318 g/mol. The number of likely N-dealkylation sites (tertiary alicyclic amines) is 1. The molecule has 1 aromatic carbocycles. The van der Waals surface area contributed by atoms with E-state index in [0.717, 1.165) is 38.7 Å². The van der Waals surface area contributed by atoms with Crippen LogP contribution in [-0.4, -0.2) is 57.8 Å². The number of ether oxygens (including phenoxy) is 1. The standard InChI is InChI=1S/C15H23N3O4S/c1-23(20,21)17-15(19)12-2-4-14(5-3-12)22-11-10-18-8-6-13(16)7-9-18/h2-5,13H,6-11,16H2,1H3,(H,17,19). The molecule has 1 heterocycles. The second kappa shape index (κ2) is 7.76. The van der Waals surface area contributed by atoms with Gasteiger partial charge in [-0.05, 0) is 50.2 Å². The SMILES string of the molecule is CS(=O)(=O)NC(=O)c1ccc(OCCN2CCC(N)CC2)cc1. The van der Waals surface area contributed by atoms with Crippen LogP contribution in [0.25, 0.3) is 0 Å². The van der Waals surface area contributed by atoms with Crippen molar-refractivity contribution in [1.82, 2.24) is 9.62 Å². The van der Waals surface area contributed by atoms with E-state index in [4.69, 9.17) is 10.5 Å². The van der Waals surface area contributed by atoms with Crippen LogP contribution >= 0.6 is 0 Å². The number of nitrogens with one attached hydrogen (secondary N) is 1. The number of sulfonamides is 1. The Bertz CT molecular complexity index is 623. The van der Waals surface area contributed by atoms with Gasteiger partial charge in [-0.2, -0.15) is 0 Å². The Kier molecular flexibility index (Phi) is 5.97. The molecule has 1 aliphatic rings. The minimum absolute atomic E-state index is 0.271. The van der Waals surface area contributed by atoms with Crippen molar-refractivity contribution >= 4 is 15.9 Å². The van der Waals surface area contributed by atoms with E-state index in [-0.39, 0.29) is 5.56 Å². The summed E-state index contributed by atoms with van der Waals surface area (Å²) in [6.07, 6.45) is 2.98. The highest BCUT2D eigenvalue weighted by molar-refractivity contribution is 7.89. The van der Waals surface area contributed by atoms with Crippen LogP contribution in [0, 0.1) is 0 Å². The number of carbonyl (C=O) groups excluding carboxylic acids is 1. The Hall–Kier alpha value is -1.64. The van der Waals surface area contributed by atoms with Gasteiger partial charge in [0, 0.05) is 18.2 Å². The second-order valence-corrected chi connectivity index (χ2v) is 7.50. The number of amides is 1. The summed E-state index contributed by atoms with van der Waals surface area (Å²) in [6.45, 7) is 3.39. The third-order valence-electron chi connectivity index (χ3n) is 3.70. The summed E-state index contributed by atoms with van der Waals surface area (Å²) in [7, 11) is -3.56. The molecule has 23 heavy (non-hydrogen) atoms. The monoisotopic (exact) mass is 341 g/mol. The molecule has 1 aromatic rings.